The Balaban J connectivity index is 3.07. The second-order valence-electron chi connectivity index (χ2n) is 2.81. The van der Waals surface area contributed by atoms with Crippen LogP contribution in [0.1, 0.15) is 12.0 Å². The van der Waals surface area contributed by atoms with Gasteiger partial charge in [0.25, 0.3) is 0 Å². The van der Waals surface area contributed by atoms with Gasteiger partial charge in [0.1, 0.15) is 17.1 Å². The Kier molecular flexibility index (Phi) is 4.92. The number of methoxy groups -OCH3 is 2. The molecule has 0 radical (unpaired) electrons. The molecule has 0 saturated heterocycles. The first kappa shape index (κ1) is 11.8. The Bertz CT molecular complexity index is 355. The fourth-order valence-corrected chi connectivity index (χ4v) is 1.29. The Hall–Kier alpha value is -1.27. The second-order valence-corrected chi connectivity index (χ2v) is 3.26. The molecule has 0 bridgehead atoms. The zero-order chi connectivity index (χ0) is 11.1. The van der Waals surface area contributed by atoms with Gasteiger partial charge in [0.05, 0.1) is 14.2 Å². The molecule has 1 aromatic carbocycles. The third kappa shape index (κ3) is 3.10. The summed E-state index contributed by atoms with van der Waals surface area (Å²) in [6.45, 7) is 0. The summed E-state index contributed by atoms with van der Waals surface area (Å²) in [5.74, 6) is 8.28. The Labute approximate surface area is 96.0 Å². The first-order valence-corrected chi connectivity index (χ1v) is 5.27. The van der Waals surface area contributed by atoms with Crippen molar-refractivity contribution in [3.63, 3.8) is 0 Å². The molecule has 0 aromatic heterocycles. The summed E-state index contributed by atoms with van der Waals surface area (Å²) in [5.41, 5.74) is 0.796. The van der Waals surface area contributed by atoms with Gasteiger partial charge in [0.2, 0.25) is 0 Å². The lowest BCUT2D eigenvalue weighted by molar-refractivity contribution is 0.392. The van der Waals surface area contributed by atoms with Crippen molar-refractivity contribution in [3.8, 4) is 23.3 Å². The molecule has 0 fully saturated rings. The van der Waals surface area contributed by atoms with Crippen molar-refractivity contribution in [3.05, 3.63) is 23.8 Å². The lowest BCUT2D eigenvalue weighted by Crippen LogP contribution is -1.92. The normalized spacial score (nSPS) is 9.00. The van der Waals surface area contributed by atoms with E-state index in [0.29, 0.717) is 0 Å². The number of ether oxygens (including phenoxy) is 2. The van der Waals surface area contributed by atoms with Crippen molar-refractivity contribution in [1.82, 2.24) is 0 Å². The molecule has 0 heterocycles. The lowest BCUT2D eigenvalue weighted by Gasteiger charge is -2.07. The lowest BCUT2D eigenvalue weighted by atomic mass is 10.2. The minimum atomic E-state index is 0.737. The van der Waals surface area contributed by atoms with Gasteiger partial charge in [-0.3, -0.25) is 0 Å². The van der Waals surface area contributed by atoms with Crippen LogP contribution in [0.5, 0.6) is 11.5 Å². The van der Waals surface area contributed by atoms with E-state index in [1.165, 1.54) is 0 Å². The number of rotatable bonds is 3. The molecule has 1 aromatic rings. The van der Waals surface area contributed by atoms with Gasteiger partial charge >= 0.3 is 0 Å². The molecular weight excluding hydrogens is 208 g/mol. The molecule has 1 rings (SSSR count). The maximum Gasteiger partial charge on any atom is 0.138 e. The summed E-state index contributed by atoms with van der Waals surface area (Å²) in [6.07, 6.45) is 0.754. The van der Waals surface area contributed by atoms with E-state index in [0.717, 1.165) is 29.2 Å². The van der Waals surface area contributed by atoms with Gasteiger partial charge in [-0.05, 0) is 12.1 Å². The molecule has 0 atom stereocenters. The second kappa shape index (κ2) is 6.26. The van der Waals surface area contributed by atoms with Gasteiger partial charge in [-0.2, -0.15) is 12.6 Å². The molecule has 0 unspecified atom stereocenters. The van der Waals surface area contributed by atoms with Crippen molar-refractivity contribution in [2.45, 2.75) is 6.42 Å². The predicted molar refractivity (Wildman–Crippen MR) is 64.9 cm³/mol. The highest BCUT2D eigenvalue weighted by molar-refractivity contribution is 7.80. The van der Waals surface area contributed by atoms with Gasteiger partial charge in [0.15, 0.2) is 0 Å². The van der Waals surface area contributed by atoms with Crippen LogP contribution in [0.4, 0.5) is 0 Å². The number of hydrogen-bond donors (Lipinski definition) is 1. The summed E-state index contributed by atoms with van der Waals surface area (Å²) in [6, 6.07) is 5.61. The van der Waals surface area contributed by atoms with Gasteiger partial charge in [-0.15, -0.1) is 0 Å². The van der Waals surface area contributed by atoms with Crippen LogP contribution in [-0.2, 0) is 0 Å². The van der Waals surface area contributed by atoms with Crippen LogP contribution < -0.4 is 9.47 Å². The molecule has 0 aliphatic rings. The molecule has 0 aliphatic carbocycles. The highest BCUT2D eigenvalue weighted by Gasteiger charge is 2.05. The average molecular weight is 222 g/mol. The molecule has 0 aliphatic heterocycles. The van der Waals surface area contributed by atoms with E-state index >= 15 is 0 Å². The number of benzene rings is 1. The van der Waals surface area contributed by atoms with Crippen molar-refractivity contribution in [2.24, 2.45) is 0 Å². The summed E-state index contributed by atoms with van der Waals surface area (Å²) in [5, 5.41) is 0. The largest absolute Gasteiger partial charge is 0.495 e. The van der Waals surface area contributed by atoms with Crippen LogP contribution in [0.15, 0.2) is 18.2 Å². The molecule has 3 heteroatoms. The average Bonchev–Trinajstić information content (AvgIpc) is 2.29. The van der Waals surface area contributed by atoms with Gasteiger partial charge in [0, 0.05) is 12.2 Å². The van der Waals surface area contributed by atoms with Crippen LogP contribution in [0.3, 0.4) is 0 Å². The quantitative estimate of drug-likeness (QED) is 0.625. The topological polar surface area (TPSA) is 18.5 Å². The van der Waals surface area contributed by atoms with Crippen molar-refractivity contribution in [2.75, 3.05) is 20.0 Å². The maximum atomic E-state index is 5.22. The van der Waals surface area contributed by atoms with Crippen molar-refractivity contribution < 1.29 is 9.47 Å². The Morgan fingerprint density at radius 1 is 1.20 bits per heavy atom. The third-order valence-electron chi connectivity index (χ3n) is 1.88. The molecule has 2 nitrogen and oxygen atoms in total. The first-order chi connectivity index (χ1) is 7.33. The minimum absolute atomic E-state index is 0.737. The van der Waals surface area contributed by atoms with E-state index in [1.54, 1.807) is 14.2 Å². The van der Waals surface area contributed by atoms with E-state index in [4.69, 9.17) is 9.47 Å². The molecular formula is C12H14O2S. The molecule has 80 valence electrons. The highest BCUT2D eigenvalue weighted by atomic mass is 32.1. The predicted octanol–water partition coefficient (Wildman–Crippen LogP) is 2.38. The minimum Gasteiger partial charge on any atom is -0.495 e. The van der Waals surface area contributed by atoms with Crippen molar-refractivity contribution >= 4 is 12.6 Å². The smallest absolute Gasteiger partial charge is 0.138 e. The van der Waals surface area contributed by atoms with Crippen LogP contribution in [-0.4, -0.2) is 20.0 Å². The zero-order valence-electron chi connectivity index (χ0n) is 8.91. The summed E-state index contributed by atoms with van der Waals surface area (Å²) in [7, 11) is 3.25. The highest BCUT2D eigenvalue weighted by Crippen LogP contribution is 2.26. The summed E-state index contributed by atoms with van der Waals surface area (Å²) < 4.78 is 10.4. The van der Waals surface area contributed by atoms with E-state index in [9.17, 15) is 0 Å². The first-order valence-electron chi connectivity index (χ1n) is 4.64. The van der Waals surface area contributed by atoms with Gasteiger partial charge in [-0.1, -0.05) is 17.9 Å². The molecule has 0 saturated carbocycles. The zero-order valence-corrected chi connectivity index (χ0v) is 9.80. The maximum absolute atomic E-state index is 5.22. The standard InChI is InChI=1S/C12H14O2S/c1-13-11-7-5-8-12(14-2)10(11)6-3-4-9-15/h5,7-8,15H,4,9H2,1-2H3. The fraction of sp³-hybridized carbons (Fsp3) is 0.333. The molecule has 0 amide bonds. The fourth-order valence-electron chi connectivity index (χ4n) is 1.18. The number of thiol groups is 1. The Morgan fingerprint density at radius 3 is 2.27 bits per heavy atom. The van der Waals surface area contributed by atoms with Crippen LogP contribution in [0, 0.1) is 11.8 Å². The third-order valence-corrected chi connectivity index (χ3v) is 2.10. The van der Waals surface area contributed by atoms with E-state index < -0.39 is 0 Å². The Morgan fingerprint density at radius 2 is 1.80 bits per heavy atom. The van der Waals surface area contributed by atoms with Crippen LogP contribution in [0.2, 0.25) is 0 Å². The van der Waals surface area contributed by atoms with Gasteiger partial charge < -0.3 is 9.47 Å². The SMILES string of the molecule is COc1cccc(OC)c1C#CCCS. The van der Waals surface area contributed by atoms with Crippen LogP contribution in [0.25, 0.3) is 0 Å². The number of hydrogen-bond acceptors (Lipinski definition) is 3. The van der Waals surface area contributed by atoms with E-state index in [2.05, 4.69) is 24.5 Å². The molecule has 15 heavy (non-hydrogen) atoms. The summed E-state index contributed by atoms with van der Waals surface area (Å²) in [4.78, 5) is 0. The van der Waals surface area contributed by atoms with E-state index in [1.807, 2.05) is 18.2 Å². The van der Waals surface area contributed by atoms with Crippen LogP contribution >= 0.6 is 12.6 Å². The molecule has 0 N–H and O–H groups in total. The summed E-state index contributed by atoms with van der Waals surface area (Å²) >= 11 is 4.10. The monoisotopic (exact) mass is 222 g/mol. The molecule has 0 spiro atoms. The van der Waals surface area contributed by atoms with Gasteiger partial charge in [-0.25, -0.2) is 0 Å². The van der Waals surface area contributed by atoms with E-state index in [-0.39, 0.29) is 0 Å². The van der Waals surface area contributed by atoms with Crippen molar-refractivity contribution in [1.29, 1.82) is 0 Å².